The predicted octanol–water partition coefficient (Wildman–Crippen LogP) is 2.62. The van der Waals surface area contributed by atoms with E-state index in [0.29, 0.717) is 6.42 Å². The van der Waals surface area contributed by atoms with Crippen molar-refractivity contribution in [2.24, 2.45) is 0 Å². The molecule has 4 heteroatoms. The van der Waals surface area contributed by atoms with Gasteiger partial charge in [0.15, 0.2) is 0 Å². The smallest absolute Gasteiger partial charge is 0.227 e. The molecule has 0 aliphatic carbocycles. The van der Waals surface area contributed by atoms with Crippen LogP contribution in [0.1, 0.15) is 44.6 Å². The average molecular weight is 314 g/mol. The van der Waals surface area contributed by atoms with Crippen molar-refractivity contribution in [3.8, 4) is 0 Å². The molecular weight excluding hydrogens is 288 g/mol. The Balaban J connectivity index is 1.76. The minimum Gasteiger partial charge on any atom is -0.338 e. The third-order valence-corrected chi connectivity index (χ3v) is 5.22. The molecule has 0 spiro atoms. The minimum absolute atomic E-state index is 0.152. The standard InChI is InChI=1S/C19H26N2O2/c1-15(22)20-12-6-5-10-18-17(20)11-7-13-21(18)19(23)14-16-8-3-2-4-9-16/h2-4,8-9,17-18H,5-7,10-14H2,1H3/t17-,18-/m1/s1. The molecule has 2 saturated heterocycles. The van der Waals surface area contributed by atoms with E-state index in [1.54, 1.807) is 6.92 Å². The molecule has 0 unspecified atom stereocenters. The molecule has 4 nitrogen and oxygen atoms in total. The summed E-state index contributed by atoms with van der Waals surface area (Å²) >= 11 is 0. The third kappa shape index (κ3) is 3.57. The van der Waals surface area contributed by atoms with Gasteiger partial charge in [0.25, 0.3) is 0 Å². The number of carbonyl (C=O) groups is 2. The maximum Gasteiger partial charge on any atom is 0.227 e. The molecule has 0 N–H and O–H groups in total. The summed E-state index contributed by atoms with van der Waals surface area (Å²) in [4.78, 5) is 28.9. The van der Waals surface area contributed by atoms with Crippen LogP contribution in [0.25, 0.3) is 0 Å². The number of amides is 2. The van der Waals surface area contributed by atoms with Crippen LogP contribution in [0.3, 0.4) is 0 Å². The van der Waals surface area contributed by atoms with Gasteiger partial charge in [-0.2, -0.15) is 0 Å². The van der Waals surface area contributed by atoms with Crippen molar-refractivity contribution >= 4 is 11.8 Å². The van der Waals surface area contributed by atoms with Crippen LogP contribution in [-0.2, 0) is 16.0 Å². The van der Waals surface area contributed by atoms with Gasteiger partial charge in [0.05, 0.1) is 18.5 Å². The van der Waals surface area contributed by atoms with Crippen LogP contribution in [0, 0.1) is 0 Å². The van der Waals surface area contributed by atoms with Crippen molar-refractivity contribution in [2.75, 3.05) is 13.1 Å². The van der Waals surface area contributed by atoms with E-state index in [1.807, 2.05) is 35.2 Å². The van der Waals surface area contributed by atoms with Gasteiger partial charge >= 0.3 is 0 Å². The number of nitrogens with zero attached hydrogens (tertiary/aromatic N) is 2. The van der Waals surface area contributed by atoms with Crippen LogP contribution >= 0.6 is 0 Å². The van der Waals surface area contributed by atoms with Gasteiger partial charge in [-0.15, -0.1) is 0 Å². The highest BCUT2D eigenvalue weighted by atomic mass is 16.2. The third-order valence-electron chi connectivity index (χ3n) is 5.22. The van der Waals surface area contributed by atoms with Crippen molar-refractivity contribution in [2.45, 2.75) is 57.5 Å². The second kappa shape index (κ2) is 7.16. The molecule has 2 amide bonds. The van der Waals surface area contributed by atoms with Crippen molar-refractivity contribution < 1.29 is 9.59 Å². The topological polar surface area (TPSA) is 40.6 Å². The lowest BCUT2D eigenvalue weighted by Gasteiger charge is -2.44. The lowest BCUT2D eigenvalue weighted by Crippen LogP contribution is -2.57. The molecule has 3 rings (SSSR count). The van der Waals surface area contributed by atoms with Crippen LogP contribution in [0.4, 0.5) is 0 Å². The van der Waals surface area contributed by atoms with E-state index in [1.165, 1.54) is 0 Å². The van der Waals surface area contributed by atoms with Gasteiger partial charge in [-0.3, -0.25) is 9.59 Å². The SMILES string of the molecule is CC(=O)N1CCCC[C@@H]2[C@H]1CCCN2C(=O)Cc1ccccc1. The van der Waals surface area contributed by atoms with Gasteiger partial charge in [-0.05, 0) is 37.7 Å². The van der Waals surface area contributed by atoms with E-state index >= 15 is 0 Å². The molecule has 2 atom stereocenters. The Morgan fingerprint density at radius 2 is 1.61 bits per heavy atom. The summed E-state index contributed by atoms with van der Waals surface area (Å²) in [5.74, 6) is 0.357. The second-order valence-electron chi connectivity index (χ2n) is 6.73. The fourth-order valence-electron chi connectivity index (χ4n) is 4.12. The molecule has 124 valence electrons. The lowest BCUT2D eigenvalue weighted by atomic mass is 9.91. The molecule has 2 aliphatic rings. The number of likely N-dealkylation sites (tertiary alicyclic amines) is 2. The molecule has 2 heterocycles. The number of piperidine rings is 1. The molecule has 0 radical (unpaired) electrons. The summed E-state index contributed by atoms with van der Waals surface area (Å²) in [6, 6.07) is 10.4. The van der Waals surface area contributed by atoms with Crippen LogP contribution in [0.5, 0.6) is 0 Å². The highest BCUT2D eigenvalue weighted by molar-refractivity contribution is 5.79. The lowest BCUT2D eigenvalue weighted by molar-refractivity contribution is -0.141. The Morgan fingerprint density at radius 3 is 2.35 bits per heavy atom. The number of rotatable bonds is 2. The van der Waals surface area contributed by atoms with E-state index in [0.717, 1.165) is 50.8 Å². The fraction of sp³-hybridized carbons (Fsp3) is 0.579. The van der Waals surface area contributed by atoms with Crippen molar-refractivity contribution in [1.29, 1.82) is 0 Å². The summed E-state index contributed by atoms with van der Waals surface area (Å²) in [6.45, 7) is 3.34. The molecule has 23 heavy (non-hydrogen) atoms. The second-order valence-corrected chi connectivity index (χ2v) is 6.73. The van der Waals surface area contributed by atoms with Crippen molar-refractivity contribution in [3.05, 3.63) is 35.9 Å². The molecule has 2 aliphatic heterocycles. The van der Waals surface area contributed by atoms with E-state index in [4.69, 9.17) is 0 Å². The maximum atomic E-state index is 12.8. The van der Waals surface area contributed by atoms with Crippen molar-refractivity contribution in [1.82, 2.24) is 9.80 Å². The van der Waals surface area contributed by atoms with E-state index in [-0.39, 0.29) is 23.9 Å². The first kappa shape index (κ1) is 16.0. The van der Waals surface area contributed by atoms with E-state index < -0.39 is 0 Å². The Labute approximate surface area is 138 Å². The monoisotopic (exact) mass is 314 g/mol. The Hall–Kier alpha value is -1.84. The number of hydrogen-bond acceptors (Lipinski definition) is 2. The Kier molecular flexibility index (Phi) is 4.99. The number of hydrogen-bond donors (Lipinski definition) is 0. The minimum atomic E-state index is 0.152. The fourth-order valence-corrected chi connectivity index (χ4v) is 4.12. The molecule has 2 fully saturated rings. The zero-order chi connectivity index (χ0) is 16.2. The van der Waals surface area contributed by atoms with Crippen molar-refractivity contribution in [3.63, 3.8) is 0 Å². The van der Waals surface area contributed by atoms with Gasteiger partial charge in [0.2, 0.25) is 11.8 Å². The number of benzene rings is 1. The number of fused-ring (bicyclic) bond motifs is 1. The number of carbonyl (C=O) groups excluding carboxylic acids is 2. The van der Waals surface area contributed by atoms with E-state index in [9.17, 15) is 9.59 Å². The zero-order valence-corrected chi connectivity index (χ0v) is 13.9. The average Bonchev–Trinajstić information content (AvgIpc) is 2.78. The highest BCUT2D eigenvalue weighted by Crippen LogP contribution is 2.30. The Morgan fingerprint density at radius 1 is 0.957 bits per heavy atom. The maximum absolute atomic E-state index is 12.8. The first-order valence-electron chi connectivity index (χ1n) is 8.77. The van der Waals surface area contributed by atoms with Crippen LogP contribution in [-0.4, -0.2) is 46.8 Å². The zero-order valence-electron chi connectivity index (χ0n) is 13.9. The summed E-state index contributed by atoms with van der Waals surface area (Å²) in [6.07, 6.45) is 5.65. The van der Waals surface area contributed by atoms with Crippen LogP contribution < -0.4 is 0 Å². The van der Waals surface area contributed by atoms with Gasteiger partial charge in [-0.1, -0.05) is 30.3 Å². The van der Waals surface area contributed by atoms with Crippen LogP contribution in [0.2, 0.25) is 0 Å². The van der Waals surface area contributed by atoms with Crippen LogP contribution in [0.15, 0.2) is 30.3 Å². The van der Waals surface area contributed by atoms with Gasteiger partial charge in [0.1, 0.15) is 0 Å². The summed E-state index contributed by atoms with van der Waals surface area (Å²) < 4.78 is 0. The molecule has 0 saturated carbocycles. The largest absolute Gasteiger partial charge is 0.338 e. The van der Waals surface area contributed by atoms with E-state index in [2.05, 4.69) is 4.90 Å². The van der Waals surface area contributed by atoms with Gasteiger partial charge in [0, 0.05) is 20.0 Å². The van der Waals surface area contributed by atoms with Gasteiger partial charge < -0.3 is 9.80 Å². The molecule has 1 aromatic rings. The predicted molar refractivity (Wildman–Crippen MR) is 89.9 cm³/mol. The van der Waals surface area contributed by atoms with Gasteiger partial charge in [-0.25, -0.2) is 0 Å². The molecule has 0 aromatic heterocycles. The molecular formula is C19H26N2O2. The molecule has 1 aromatic carbocycles. The first-order valence-corrected chi connectivity index (χ1v) is 8.77. The highest BCUT2D eigenvalue weighted by Gasteiger charge is 2.39. The quantitative estimate of drug-likeness (QED) is 0.842. The first-order chi connectivity index (χ1) is 11.2. The summed E-state index contributed by atoms with van der Waals surface area (Å²) in [5, 5.41) is 0. The summed E-state index contributed by atoms with van der Waals surface area (Å²) in [5.41, 5.74) is 1.07. The Bertz CT molecular complexity index is 558. The molecule has 0 bridgehead atoms. The normalized spacial score (nSPS) is 24.7. The summed E-state index contributed by atoms with van der Waals surface area (Å²) in [7, 11) is 0.